The number of carbonyl (C=O) groups is 2. The Balaban J connectivity index is 1.87. The Morgan fingerprint density at radius 3 is 2.39 bits per heavy atom. The van der Waals surface area contributed by atoms with Crippen molar-refractivity contribution in [1.82, 2.24) is 4.57 Å². The van der Waals surface area contributed by atoms with E-state index >= 15 is 0 Å². The molecule has 114 valence electrons. The average molecular weight is 304 g/mol. The van der Waals surface area contributed by atoms with Gasteiger partial charge in [0.2, 0.25) is 0 Å². The molecule has 0 radical (unpaired) electrons. The number of benzene rings is 2. The molecule has 0 bridgehead atoms. The SMILES string of the molecule is CC(=O)c1ccccc1NC(=O)c1cccc(-n2cccc2)c1. The Hall–Kier alpha value is -3.14. The van der Waals surface area contributed by atoms with Crippen LogP contribution in [0.2, 0.25) is 0 Å². The largest absolute Gasteiger partial charge is 0.324 e. The summed E-state index contributed by atoms with van der Waals surface area (Å²) in [4.78, 5) is 24.1. The fourth-order valence-electron chi connectivity index (χ4n) is 2.41. The van der Waals surface area contributed by atoms with E-state index in [1.165, 1.54) is 6.92 Å². The first-order valence-corrected chi connectivity index (χ1v) is 7.30. The zero-order chi connectivity index (χ0) is 16.2. The highest BCUT2D eigenvalue weighted by atomic mass is 16.1. The molecule has 1 heterocycles. The van der Waals surface area contributed by atoms with Crippen LogP contribution in [0.15, 0.2) is 73.1 Å². The predicted molar refractivity (Wildman–Crippen MR) is 90.2 cm³/mol. The molecule has 0 aliphatic heterocycles. The lowest BCUT2D eigenvalue weighted by molar-refractivity contribution is 0.101. The molecule has 1 N–H and O–H groups in total. The molecule has 4 nitrogen and oxygen atoms in total. The maximum absolute atomic E-state index is 12.5. The van der Waals surface area contributed by atoms with Crippen LogP contribution in [0.1, 0.15) is 27.6 Å². The van der Waals surface area contributed by atoms with Crippen LogP contribution in [0.5, 0.6) is 0 Å². The third kappa shape index (κ3) is 3.21. The second kappa shape index (κ2) is 6.32. The first-order valence-electron chi connectivity index (χ1n) is 7.30. The Bertz CT molecular complexity index is 851. The van der Waals surface area contributed by atoms with E-state index in [9.17, 15) is 9.59 Å². The molecule has 0 spiro atoms. The van der Waals surface area contributed by atoms with Gasteiger partial charge in [0.15, 0.2) is 5.78 Å². The summed E-state index contributed by atoms with van der Waals surface area (Å²) < 4.78 is 1.93. The van der Waals surface area contributed by atoms with Crippen molar-refractivity contribution in [1.29, 1.82) is 0 Å². The van der Waals surface area contributed by atoms with Crippen molar-refractivity contribution in [2.75, 3.05) is 5.32 Å². The average Bonchev–Trinajstić information content (AvgIpc) is 3.10. The fourth-order valence-corrected chi connectivity index (χ4v) is 2.41. The zero-order valence-electron chi connectivity index (χ0n) is 12.7. The minimum atomic E-state index is -0.243. The van der Waals surface area contributed by atoms with Crippen LogP contribution in [0.4, 0.5) is 5.69 Å². The highest BCUT2D eigenvalue weighted by Crippen LogP contribution is 2.18. The molecule has 0 aliphatic rings. The number of nitrogens with zero attached hydrogens (tertiary/aromatic N) is 1. The van der Waals surface area contributed by atoms with E-state index in [2.05, 4.69) is 5.32 Å². The van der Waals surface area contributed by atoms with Crippen LogP contribution >= 0.6 is 0 Å². The number of para-hydroxylation sites is 1. The lowest BCUT2D eigenvalue weighted by Gasteiger charge is -2.10. The monoisotopic (exact) mass is 304 g/mol. The predicted octanol–water partition coefficient (Wildman–Crippen LogP) is 3.93. The lowest BCUT2D eigenvalue weighted by atomic mass is 10.1. The highest BCUT2D eigenvalue weighted by molar-refractivity contribution is 6.09. The third-order valence-electron chi connectivity index (χ3n) is 3.57. The number of nitrogens with one attached hydrogen (secondary N) is 1. The number of aromatic nitrogens is 1. The molecular formula is C19H16N2O2. The first kappa shape index (κ1) is 14.8. The van der Waals surface area contributed by atoms with Crippen LogP contribution in [0.25, 0.3) is 5.69 Å². The van der Waals surface area contributed by atoms with Gasteiger partial charge in [0, 0.05) is 29.2 Å². The normalized spacial score (nSPS) is 10.3. The van der Waals surface area contributed by atoms with Crippen molar-refractivity contribution in [3.63, 3.8) is 0 Å². The summed E-state index contributed by atoms with van der Waals surface area (Å²) in [7, 11) is 0. The Labute approximate surface area is 134 Å². The van der Waals surface area contributed by atoms with Gasteiger partial charge in [0.25, 0.3) is 5.91 Å². The molecule has 3 aromatic rings. The summed E-state index contributed by atoms with van der Waals surface area (Å²) in [5.74, 6) is -0.324. The van der Waals surface area contributed by atoms with Gasteiger partial charge in [-0.15, -0.1) is 0 Å². The van der Waals surface area contributed by atoms with Crippen LogP contribution < -0.4 is 5.32 Å². The van der Waals surface area contributed by atoms with Gasteiger partial charge >= 0.3 is 0 Å². The Kier molecular flexibility index (Phi) is 4.06. The van der Waals surface area contributed by atoms with Crippen molar-refractivity contribution in [2.45, 2.75) is 6.92 Å². The topological polar surface area (TPSA) is 51.1 Å². The minimum absolute atomic E-state index is 0.0815. The molecule has 2 aromatic carbocycles. The minimum Gasteiger partial charge on any atom is -0.324 e. The summed E-state index contributed by atoms with van der Waals surface area (Å²) >= 11 is 0. The second-order valence-corrected chi connectivity index (χ2v) is 5.20. The van der Waals surface area contributed by atoms with Gasteiger partial charge < -0.3 is 9.88 Å². The van der Waals surface area contributed by atoms with E-state index in [1.807, 2.05) is 47.3 Å². The van der Waals surface area contributed by atoms with Crippen LogP contribution in [0, 0.1) is 0 Å². The lowest BCUT2D eigenvalue weighted by Crippen LogP contribution is -2.14. The number of carbonyl (C=O) groups excluding carboxylic acids is 2. The van der Waals surface area contributed by atoms with Crippen molar-refractivity contribution in [2.24, 2.45) is 0 Å². The van der Waals surface area contributed by atoms with Crippen molar-refractivity contribution in [3.05, 3.63) is 84.2 Å². The Morgan fingerprint density at radius 1 is 0.913 bits per heavy atom. The summed E-state index contributed by atoms with van der Waals surface area (Å²) in [5.41, 5.74) is 2.47. The van der Waals surface area contributed by atoms with Crippen molar-refractivity contribution in [3.8, 4) is 5.69 Å². The van der Waals surface area contributed by atoms with Gasteiger partial charge in [-0.2, -0.15) is 0 Å². The van der Waals surface area contributed by atoms with Gasteiger partial charge in [0.1, 0.15) is 0 Å². The van der Waals surface area contributed by atoms with E-state index in [0.717, 1.165) is 5.69 Å². The molecule has 0 aliphatic carbocycles. The number of anilines is 1. The van der Waals surface area contributed by atoms with E-state index in [1.54, 1.807) is 30.3 Å². The van der Waals surface area contributed by atoms with Gasteiger partial charge in [-0.25, -0.2) is 0 Å². The number of amides is 1. The van der Waals surface area contributed by atoms with Gasteiger partial charge in [0.05, 0.1) is 5.69 Å². The number of Topliss-reactive ketones (excluding diaryl/α,β-unsaturated/α-hetero) is 1. The van der Waals surface area contributed by atoms with Crippen LogP contribution in [-0.4, -0.2) is 16.3 Å². The Morgan fingerprint density at radius 2 is 1.65 bits per heavy atom. The fraction of sp³-hybridized carbons (Fsp3) is 0.0526. The zero-order valence-corrected chi connectivity index (χ0v) is 12.7. The van der Waals surface area contributed by atoms with E-state index in [0.29, 0.717) is 16.8 Å². The van der Waals surface area contributed by atoms with E-state index in [-0.39, 0.29) is 11.7 Å². The molecule has 1 amide bonds. The summed E-state index contributed by atoms with van der Waals surface area (Å²) in [6, 6.07) is 18.2. The quantitative estimate of drug-likeness (QED) is 0.742. The van der Waals surface area contributed by atoms with Crippen molar-refractivity contribution < 1.29 is 9.59 Å². The molecule has 0 saturated carbocycles. The molecule has 0 atom stereocenters. The maximum atomic E-state index is 12.5. The summed E-state index contributed by atoms with van der Waals surface area (Å²) in [5, 5.41) is 2.81. The molecule has 1 aromatic heterocycles. The summed E-state index contributed by atoms with van der Waals surface area (Å²) in [6.07, 6.45) is 3.84. The summed E-state index contributed by atoms with van der Waals surface area (Å²) in [6.45, 7) is 1.48. The van der Waals surface area contributed by atoms with Gasteiger partial charge in [-0.3, -0.25) is 9.59 Å². The third-order valence-corrected chi connectivity index (χ3v) is 3.57. The second-order valence-electron chi connectivity index (χ2n) is 5.20. The van der Waals surface area contributed by atoms with Crippen LogP contribution in [-0.2, 0) is 0 Å². The first-order chi connectivity index (χ1) is 11.1. The number of hydrogen-bond donors (Lipinski definition) is 1. The number of hydrogen-bond acceptors (Lipinski definition) is 2. The van der Waals surface area contributed by atoms with Gasteiger partial charge in [-0.1, -0.05) is 18.2 Å². The maximum Gasteiger partial charge on any atom is 0.255 e. The van der Waals surface area contributed by atoms with E-state index in [4.69, 9.17) is 0 Å². The molecule has 0 fully saturated rings. The molecule has 0 saturated heterocycles. The molecule has 23 heavy (non-hydrogen) atoms. The molecule has 0 unspecified atom stereocenters. The van der Waals surface area contributed by atoms with Crippen molar-refractivity contribution >= 4 is 17.4 Å². The van der Waals surface area contributed by atoms with Gasteiger partial charge in [-0.05, 0) is 49.4 Å². The van der Waals surface area contributed by atoms with E-state index < -0.39 is 0 Å². The number of ketones is 1. The highest BCUT2D eigenvalue weighted by Gasteiger charge is 2.11. The van der Waals surface area contributed by atoms with Crippen LogP contribution in [0.3, 0.4) is 0 Å². The smallest absolute Gasteiger partial charge is 0.255 e. The molecule has 3 rings (SSSR count). The standard InChI is InChI=1S/C19H16N2O2/c1-14(22)17-9-2-3-10-18(17)20-19(23)15-7-6-8-16(13-15)21-11-4-5-12-21/h2-13H,1H3,(H,20,23). The molecular weight excluding hydrogens is 288 g/mol. The molecule has 4 heteroatoms. The number of rotatable bonds is 4.